The van der Waals surface area contributed by atoms with Crippen LogP contribution in [0.2, 0.25) is 10.0 Å². The van der Waals surface area contributed by atoms with Gasteiger partial charge in [-0.2, -0.15) is 0 Å². The van der Waals surface area contributed by atoms with Crippen molar-refractivity contribution in [3.05, 3.63) is 54.6 Å². The van der Waals surface area contributed by atoms with Gasteiger partial charge >= 0.3 is 0 Å². The smallest absolute Gasteiger partial charge is 0.0701 e. The van der Waals surface area contributed by atoms with E-state index in [9.17, 15) is 0 Å². The maximum atomic E-state index is 6.32. The molecule has 0 radical (unpaired) electrons. The van der Waals surface area contributed by atoms with Gasteiger partial charge in [-0.15, -0.1) is 11.3 Å². The second-order valence-corrected chi connectivity index (χ2v) is 7.50. The van der Waals surface area contributed by atoms with Crippen LogP contribution >= 0.6 is 50.5 Å². The zero-order chi connectivity index (χ0) is 13.8. The Balaban J connectivity index is 2.26. The molecule has 0 amide bonds. The van der Waals surface area contributed by atoms with Crippen LogP contribution in [-0.2, 0) is 6.42 Å². The van der Waals surface area contributed by atoms with Gasteiger partial charge in [0.25, 0.3) is 0 Å². The Kier molecular flexibility index (Phi) is 5.72. The van der Waals surface area contributed by atoms with Gasteiger partial charge in [0.2, 0.25) is 0 Å². The van der Waals surface area contributed by atoms with E-state index in [0.717, 1.165) is 22.3 Å². The predicted molar refractivity (Wildman–Crippen MR) is 88.6 cm³/mol. The van der Waals surface area contributed by atoms with Gasteiger partial charge in [-0.3, -0.25) is 0 Å². The number of benzene rings is 1. The Morgan fingerprint density at radius 3 is 2.68 bits per heavy atom. The summed E-state index contributed by atoms with van der Waals surface area (Å²) in [6, 6.07) is 10.2. The van der Waals surface area contributed by atoms with Crippen LogP contribution < -0.4 is 5.32 Å². The van der Waals surface area contributed by atoms with Gasteiger partial charge in [0, 0.05) is 17.3 Å². The zero-order valence-electron chi connectivity index (χ0n) is 10.4. The number of likely N-dealkylation sites (N-methyl/N-ethyl adjacent to an activating group) is 1. The van der Waals surface area contributed by atoms with Crippen molar-refractivity contribution in [3.8, 4) is 0 Å². The molecule has 5 heteroatoms. The molecule has 19 heavy (non-hydrogen) atoms. The first-order valence-electron chi connectivity index (χ1n) is 6.03. The molecule has 0 bridgehead atoms. The van der Waals surface area contributed by atoms with E-state index in [0.29, 0.717) is 10.0 Å². The quantitative estimate of drug-likeness (QED) is 0.702. The third-order valence-electron chi connectivity index (χ3n) is 2.84. The van der Waals surface area contributed by atoms with E-state index < -0.39 is 0 Å². The van der Waals surface area contributed by atoms with Crippen molar-refractivity contribution >= 4 is 50.5 Å². The summed E-state index contributed by atoms with van der Waals surface area (Å²) < 4.78 is 1.15. The van der Waals surface area contributed by atoms with Crippen molar-refractivity contribution in [2.24, 2.45) is 0 Å². The van der Waals surface area contributed by atoms with Crippen LogP contribution in [0, 0.1) is 0 Å². The Labute approximate surface area is 136 Å². The Morgan fingerprint density at radius 2 is 2.05 bits per heavy atom. The second-order valence-electron chi connectivity index (χ2n) is 4.16. The first kappa shape index (κ1) is 15.3. The van der Waals surface area contributed by atoms with Gasteiger partial charge in [0.15, 0.2) is 0 Å². The highest BCUT2D eigenvalue weighted by Gasteiger charge is 2.16. The number of hydrogen-bond donors (Lipinski definition) is 1. The Morgan fingerprint density at radius 1 is 1.26 bits per heavy atom. The first-order chi connectivity index (χ1) is 9.11. The Bertz CT molecular complexity index is 556. The van der Waals surface area contributed by atoms with Crippen LogP contribution in [0.1, 0.15) is 23.4 Å². The fourth-order valence-corrected chi connectivity index (χ4v) is 3.96. The highest BCUT2D eigenvalue weighted by atomic mass is 79.9. The second kappa shape index (κ2) is 7.09. The van der Waals surface area contributed by atoms with Crippen LogP contribution in [0.4, 0.5) is 0 Å². The Hall–Kier alpha value is -0.0600. The lowest BCUT2D eigenvalue weighted by Crippen LogP contribution is -2.23. The van der Waals surface area contributed by atoms with Crippen molar-refractivity contribution in [1.29, 1.82) is 0 Å². The molecule has 1 heterocycles. The minimum absolute atomic E-state index is 0.182. The highest BCUT2D eigenvalue weighted by Crippen LogP contribution is 2.33. The van der Waals surface area contributed by atoms with E-state index in [1.54, 1.807) is 11.3 Å². The van der Waals surface area contributed by atoms with Gasteiger partial charge in [0.1, 0.15) is 0 Å². The van der Waals surface area contributed by atoms with Gasteiger partial charge in [-0.05, 0) is 46.2 Å². The lowest BCUT2D eigenvalue weighted by Gasteiger charge is -2.19. The topological polar surface area (TPSA) is 12.0 Å². The molecule has 1 aromatic carbocycles. The molecule has 1 nitrogen and oxygen atoms in total. The van der Waals surface area contributed by atoms with E-state index in [2.05, 4.69) is 40.3 Å². The van der Waals surface area contributed by atoms with Gasteiger partial charge < -0.3 is 5.32 Å². The van der Waals surface area contributed by atoms with E-state index >= 15 is 0 Å². The van der Waals surface area contributed by atoms with E-state index in [1.807, 2.05) is 18.2 Å². The third-order valence-corrected chi connectivity index (χ3v) is 5.32. The number of hydrogen-bond acceptors (Lipinski definition) is 2. The first-order valence-corrected chi connectivity index (χ1v) is 8.40. The number of nitrogens with one attached hydrogen (secondary N) is 1. The lowest BCUT2D eigenvalue weighted by molar-refractivity contribution is 0.553. The SMILES string of the molecule is CCNC(Cc1ccc(Br)s1)c1cccc(Cl)c1Cl. The van der Waals surface area contributed by atoms with Crippen LogP contribution in [0.5, 0.6) is 0 Å². The van der Waals surface area contributed by atoms with Crippen molar-refractivity contribution in [1.82, 2.24) is 5.32 Å². The molecule has 1 atom stereocenters. The molecule has 2 rings (SSSR count). The fraction of sp³-hybridized carbons (Fsp3) is 0.286. The van der Waals surface area contributed by atoms with Crippen LogP contribution in [-0.4, -0.2) is 6.54 Å². The summed E-state index contributed by atoms with van der Waals surface area (Å²) >= 11 is 17.7. The van der Waals surface area contributed by atoms with Crippen molar-refractivity contribution < 1.29 is 0 Å². The molecule has 0 spiro atoms. The molecule has 0 saturated carbocycles. The summed E-state index contributed by atoms with van der Waals surface area (Å²) in [5.41, 5.74) is 1.06. The zero-order valence-corrected chi connectivity index (χ0v) is 14.3. The van der Waals surface area contributed by atoms with E-state index in [-0.39, 0.29) is 6.04 Å². The van der Waals surface area contributed by atoms with Crippen molar-refractivity contribution in [2.45, 2.75) is 19.4 Å². The van der Waals surface area contributed by atoms with Gasteiger partial charge in [-0.1, -0.05) is 42.3 Å². The van der Waals surface area contributed by atoms with Crippen LogP contribution in [0.15, 0.2) is 34.1 Å². The minimum Gasteiger partial charge on any atom is -0.310 e. The third kappa shape index (κ3) is 3.96. The summed E-state index contributed by atoms with van der Waals surface area (Å²) in [6.45, 7) is 2.98. The normalized spacial score (nSPS) is 12.6. The van der Waals surface area contributed by atoms with Crippen LogP contribution in [0.25, 0.3) is 0 Å². The van der Waals surface area contributed by atoms with Crippen LogP contribution in [0.3, 0.4) is 0 Å². The summed E-state index contributed by atoms with van der Waals surface area (Å²) in [5, 5.41) is 4.72. The van der Waals surface area contributed by atoms with Crippen molar-refractivity contribution in [2.75, 3.05) is 6.54 Å². The fourth-order valence-electron chi connectivity index (χ4n) is 1.99. The molecular weight excluding hydrogens is 365 g/mol. The average molecular weight is 379 g/mol. The molecule has 0 aliphatic heterocycles. The van der Waals surface area contributed by atoms with Crippen molar-refractivity contribution in [3.63, 3.8) is 0 Å². The molecule has 0 aliphatic rings. The molecule has 1 unspecified atom stereocenters. The molecular formula is C14H14BrCl2NS. The maximum absolute atomic E-state index is 6.32. The molecule has 2 aromatic rings. The monoisotopic (exact) mass is 377 g/mol. The summed E-state index contributed by atoms with van der Waals surface area (Å²) in [6.07, 6.45) is 0.907. The molecule has 102 valence electrons. The van der Waals surface area contributed by atoms with Gasteiger partial charge in [0.05, 0.1) is 13.8 Å². The molecule has 1 N–H and O–H groups in total. The molecule has 0 saturated heterocycles. The predicted octanol–water partition coefficient (Wildman–Crippen LogP) is 5.71. The molecule has 1 aromatic heterocycles. The summed E-state index contributed by atoms with van der Waals surface area (Å²) in [5.74, 6) is 0. The lowest BCUT2D eigenvalue weighted by atomic mass is 10.0. The van der Waals surface area contributed by atoms with E-state index in [1.165, 1.54) is 4.88 Å². The summed E-state index contributed by atoms with van der Waals surface area (Å²) in [4.78, 5) is 1.31. The summed E-state index contributed by atoms with van der Waals surface area (Å²) in [7, 11) is 0. The largest absolute Gasteiger partial charge is 0.310 e. The van der Waals surface area contributed by atoms with E-state index in [4.69, 9.17) is 23.2 Å². The highest BCUT2D eigenvalue weighted by molar-refractivity contribution is 9.11. The number of thiophene rings is 1. The molecule has 0 aliphatic carbocycles. The minimum atomic E-state index is 0.182. The molecule has 0 fully saturated rings. The van der Waals surface area contributed by atoms with Gasteiger partial charge in [-0.25, -0.2) is 0 Å². The maximum Gasteiger partial charge on any atom is 0.0701 e. The number of halogens is 3. The average Bonchev–Trinajstić information content (AvgIpc) is 2.78. The number of rotatable bonds is 5. The standard InChI is InChI=1S/C14H14BrCl2NS/c1-2-18-12(8-9-6-7-13(15)19-9)10-4-3-5-11(16)14(10)17/h3-7,12,18H,2,8H2,1H3.